The number of aliphatic hydroxyl groups excluding tert-OH is 1. The molecule has 1 N–H and O–H groups in total. The molecule has 1 aliphatic heterocycles. The third kappa shape index (κ3) is 3.16. The van der Waals surface area contributed by atoms with Gasteiger partial charge >= 0.3 is 11.8 Å². The van der Waals surface area contributed by atoms with Crippen molar-refractivity contribution < 1.29 is 31.9 Å². The summed E-state index contributed by atoms with van der Waals surface area (Å²) in [6.07, 6.45) is -5.86. The fourth-order valence-corrected chi connectivity index (χ4v) is 3.62. The number of fused-ring (bicyclic) bond motifs is 2. The van der Waals surface area contributed by atoms with Crippen LogP contribution < -0.4 is 10.5 Å². The summed E-state index contributed by atoms with van der Waals surface area (Å²) in [6.45, 7) is -0.603. The molecule has 1 unspecified atom stereocenters. The minimum Gasteiger partial charge on any atom is -0.382 e. The van der Waals surface area contributed by atoms with Crippen molar-refractivity contribution in [2.45, 2.75) is 25.0 Å². The summed E-state index contributed by atoms with van der Waals surface area (Å²) in [4.78, 5) is 29.7. The number of amides is 1. The summed E-state index contributed by atoms with van der Waals surface area (Å²) in [5.41, 5.74) is -2.79. The first kappa shape index (κ1) is 20.9. The fraction of sp³-hybridized carbons (Fsp3) is 0.250. The molecular weight excluding hydrogens is 425 g/mol. The summed E-state index contributed by atoms with van der Waals surface area (Å²) >= 11 is 0. The lowest BCUT2D eigenvalue weighted by molar-refractivity contribution is -0.142. The molecule has 6 nitrogen and oxygen atoms in total. The molecule has 2 heterocycles. The third-order valence-corrected chi connectivity index (χ3v) is 5.18. The highest BCUT2D eigenvalue weighted by Crippen LogP contribution is 2.48. The fourth-order valence-electron chi connectivity index (χ4n) is 3.62. The molecule has 0 radical (unpaired) electrons. The van der Waals surface area contributed by atoms with E-state index < -0.39 is 53.4 Å². The zero-order chi connectivity index (χ0) is 22.7. The number of rotatable bonds is 4. The highest BCUT2D eigenvalue weighted by molar-refractivity contribution is 6.06. The monoisotopic (exact) mass is 439 g/mol. The summed E-state index contributed by atoms with van der Waals surface area (Å²) in [5.74, 6) is -6.69. The van der Waals surface area contributed by atoms with E-state index in [0.717, 1.165) is 34.9 Å². The average molecular weight is 439 g/mol. The standard InChI is InChI=1S/C20H14F5N3O3/c1-27-14(26-12-7-9(21)5-6-10(12)18(27)30)8-28-13-4-2-3-11(16(29)17(22)23)15(13)20(24,25)19(28)31/h2-7,16-17,29H,8H2,1H3. The maximum atomic E-state index is 14.8. The number of aliphatic hydroxyl groups is 1. The Morgan fingerprint density at radius 1 is 1.16 bits per heavy atom. The van der Waals surface area contributed by atoms with E-state index >= 15 is 0 Å². The number of anilines is 1. The van der Waals surface area contributed by atoms with E-state index in [4.69, 9.17) is 0 Å². The number of alkyl halides is 4. The number of hydrogen-bond donors (Lipinski definition) is 1. The minimum atomic E-state index is -4.18. The van der Waals surface area contributed by atoms with E-state index in [0.29, 0.717) is 4.90 Å². The van der Waals surface area contributed by atoms with E-state index in [1.54, 1.807) is 0 Å². The van der Waals surface area contributed by atoms with Crippen molar-refractivity contribution in [1.82, 2.24) is 9.55 Å². The van der Waals surface area contributed by atoms with Gasteiger partial charge in [-0.15, -0.1) is 0 Å². The number of nitrogens with zero attached hydrogens (tertiary/aromatic N) is 3. The van der Waals surface area contributed by atoms with Gasteiger partial charge in [-0.25, -0.2) is 18.2 Å². The van der Waals surface area contributed by atoms with Gasteiger partial charge in [0.2, 0.25) is 0 Å². The lowest BCUT2D eigenvalue weighted by Gasteiger charge is -2.19. The van der Waals surface area contributed by atoms with Crippen LogP contribution in [-0.2, 0) is 24.3 Å². The molecule has 1 aliphatic rings. The molecule has 1 atom stereocenters. The van der Waals surface area contributed by atoms with Gasteiger partial charge in [0, 0.05) is 13.1 Å². The van der Waals surface area contributed by atoms with E-state index in [9.17, 15) is 36.6 Å². The first-order valence-electron chi connectivity index (χ1n) is 8.98. The van der Waals surface area contributed by atoms with Crippen LogP contribution in [0.25, 0.3) is 10.9 Å². The molecule has 162 valence electrons. The second-order valence-corrected chi connectivity index (χ2v) is 7.04. The molecule has 11 heteroatoms. The summed E-state index contributed by atoms with van der Waals surface area (Å²) in [6, 6.07) is 6.46. The molecule has 0 aliphatic carbocycles. The van der Waals surface area contributed by atoms with Gasteiger partial charge in [0.15, 0.2) is 0 Å². The van der Waals surface area contributed by atoms with E-state index in [1.807, 2.05) is 0 Å². The van der Waals surface area contributed by atoms with Crippen LogP contribution in [-0.4, -0.2) is 27.0 Å². The van der Waals surface area contributed by atoms with Crippen LogP contribution in [0, 0.1) is 5.82 Å². The molecule has 2 aromatic carbocycles. The Labute approximate surface area is 171 Å². The van der Waals surface area contributed by atoms with Gasteiger partial charge in [-0.05, 0) is 23.8 Å². The highest BCUT2D eigenvalue weighted by atomic mass is 19.3. The number of benzene rings is 2. The maximum Gasteiger partial charge on any atom is 0.352 e. The van der Waals surface area contributed by atoms with Crippen LogP contribution in [0.2, 0.25) is 0 Å². The number of aromatic nitrogens is 2. The van der Waals surface area contributed by atoms with Crippen LogP contribution >= 0.6 is 0 Å². The van der Waals surface area contributed by atoms with Gasteiger partial charge in [-0.1, -0.05) is 12.1 Å². The van der Waals surface area contributed by atoms with Gasteiger partial charge in [-0.3, -0.25) is 19.1 Å². The molecule has 0 bridgehead atoms. The first-order chi connectivity index (χ1) is 14.5. The Balaban J connectivity index is 1.85. The highest BCUT2D eigenvalue weighted by Gasteiger charge is 2.55. The molecular formula is C20H14F5N3O3. The first-order valence-corrected chi connectivity index (χ1v) is 8.98. The van der Waals surface area contributed by atoms with E-state index in [-0.39, 0.29) is 22.4 Å². The maximum absolute atomic E-state index is 14.8. The third-order valence-electron chi connectivity index (χ3n) is 5.18. The molecule has 0 spiro atoms. The van der Waals surface area contributed by atoms with Crippen molar-refractivity contribution in [2.75, 3.05) is 4.90 Å². The van der Waals surface area contributed by atoms with Crippen molar-refractivity contribution in [1.29, 1.82) is 0 Å². The summed E-state index contributed by atoms with van der Waals surface area (Å²) < 4.78 is 70.1. The van der Waals surface area contributed by atoms with Crippen molar-refractivity contribution in [3.8, 4) is 0 Å². The zero-order valence-electron chi connectivity index (χ0n) is 15.8. The van der Waals surface area contributed by atoms with E-state index in [1.165, 1.54) is 13.1 Å². The number of carbonyl (C=O) groups excluding carboxylic acids is 1. The second kappa shape index (κ2) is 7.12. The summed E-state index contributed by atoms with van der Waals surface area (Å²) in [5, 5.41) is 9.77. The molecule has 1 amide bonds. The smallest absolute Gasteiger partial charge is 0.352 e. The topological polar surface area (TPSA) is 75.4 Å². The lowest BCUT2D eigenvalue weighted by Crippen LogP contribution is -2.36. The van der Waals surface area contributed by atoms with Crippen LogP contribution in [0.1, 0.15) is 23.1 Å². The normalized spacial score (nSPS) is 16.3. The number of hydrogen-bond acceptors (Lipinski definition) is 4. The van der Waals surface area contributed by atoms with Crippen LogP contribution in [0.3, 0.4) is 0 Å². The van der Waals surface area contributed by atoms with Crippen molar-refractivity contribution in [2.24, 2.45) is 7.05 Å². The van der Waals surface area contributed by atoms with Crippen LogP contribution in [0.5, 0.6) is 0 Å². The molecule has 3 aromatic rings. The lowest BCUT2D eigenvalue weighted by atomic mass is 9.98. The zero-order valence-corrected chi connectivity index (χ0v) is 15.8. The molecule has 31 heavy (non-hydrogen) atoms. The molecule has 4 rings (SSSR count). The molecule has 0 saturated heterocycles. The van der Waals surface area contributed by atoms with Crippen LogP contribution in [0.15, 0.2) is 41.2 Å². The Morgan fingerprint density at radius 3 is 2.55 bits per heavy atom. The quantitative estimate of drug-likeness (QED) is 0.635. The minimum absolute atomic E-state index is 0.0291. The van der Waals surface area contributed by atoms with Gasteiger partial charge in [0.1, 0.15) is 17.7 Å². The predicted molar refractivity (Wildman–Crippen MR) is 99.4 cm³/mol. The number of carbonyl (C=O) groups is 1. The average Bonchev–Trinajstić information content (AvgIpc) is 2.91. The molecule has 0 saturated carbocycles. The Kier molecular flexibility index (Phi) is 4.80. The van der Waals surface area contributed by atoms with Gasteiger partial charge in [0.05, 0.1) is 28.7 Å². The predicted octanol–water partition coefficient (Wildman–Crippen LogP) is 3.01. The number of halogens is 5. The van der Waals surface area contributed by atoms with E-state index in [2.05, 4.69) is 4.98 Å². The van der Waals surface area contributed by atoms with Gasteiger partial charge < -0.3 is 5.11 Å². The Morgan fingerprint density at radius 2 is 1.87 bits per heavy atom. The largest absolute Gasteiger partial charge is 0.382 e. The Bertz CT molecular complexity index is 1270. The van der Waals surface area contributed by atoms with Crippen molar-refractivity contribution >= 4 is 22.5 Å². The second-order valence-electron chi connectivity index (χ2n) is 7.04. The summed E-state index contributed by atoms with van der Waals surface area (Å²) in [7, 11) is 1.31. The van der Waals surface area contributed by atoms with Gasteiger partial charge in [0.25, 0.3) is 12.0 Å². The van der Waals surface area contributed by atoms with Crippen molar-refractivity contribution in [3.05, 3.63) is 69.5 Å². The Hall–Kier alpha value is -3.34. The SMILES string of the molecule is Cn1c(CN2C(=O)C(F)(F)c3c(C(O)C(F)F)cccc32)nc2cc(F)ccc2c1=O. The molecule has 1 aromatic heterocycles. The molecule has 0 fully saturated rings. The van der Waals surface area contributed by atoms with Gasteiger partial charge in [-0.2, -0.15) is 8.78 Å². The van der Waals surface area contributed by atoms with Crippen LogP contribution in [0.4, 0.5) is 27.6 Å². The van der Waals surface area contributed by atoms with Crippen molar-refractivity contribution in [3.63, 3.8) is 0 Å².